The van der Waals surface area contributed by atoms with E-state index in [-0.39, 0.29) is 12.4 Å². The van der Waals surface area contributed by atoms with Gasteiger partial charge in [0.15, 0.2) is 0 Å². The van der Waals surface area contributed by atoms with Crippen LogP contribution in [0, 0.1) is 0 Å². The first-order valence-corrected chi connectivity index (χ1v) is 11.6. The fraction of sp³-hybridized carbons (Fsp3) is 0.455. The average molecular weight is 433 g/mol. The number of nitrogens with zero attached hydrogens (tertiary/aromatic N) is 2. The van der Waals surface area contributed by atoms with Gasteiger partial charge in [-0.25, -0.2) is 9.78 Å². The maximum Gasteiger partial charge on any atom is 0.416 e. The van der Waals surface area contributed by atoms with E-state index in [1.165, 1.54) is 0 Å². The highest BCUT2D eigenvalue weighted by molar-refractivity contribution is 7.85. The summed E-state index contributed by atoms with van der Waals surface area (Å²) in [5.74, 6) is 0.415. The van der Waals surface area contributed by atoms with Crippen molar-refractivity contribution in [1.29, 1.82) is 0 Å². The Morgan fingerprint density at radius 1 is 1.13 bits per heavy atom. The third kappa shape index (κ3) is 6.27. The summed E-state index contributed by atoms with van der Waals surface area (Å²) in [7, 11) is -3.68. The highest BCUT2D eigenvalue weighted by Crippen LogP contribution is 2.27. The number of carbonyl (C=O) groups excluding carboxylic acids is 1. The van der Waals surface area contributed by atoms with Gasteiger partial charge in [-0.15, -0.1) is 0 Å². The number of rotatable bonds is 6. The first-order chi connectivity index (χ1) is 14.1. The van der Waals surface area contributed by atoms with Gasteiger partial charge in [-0.3, -0.25) is 9.08 Å². The number of hydrogen-bond donors (Lipinski definition) is 0. The SMILES string of the molecule is CC(C)(C)OC(=O)N1CCCc2ccc(CCOS(=O)(=O)Cc3ccccc3)nc21. The smallest absolute Gasteiger partial charge is 0.416 e. The van der Waals surface area contributed by atoms with Gasteiger partial charge in [0, 0.05) is 18.7 Å². The Kier molecular flexibility index (Phi) is 6.77. The molecule has 2 aromatic rings. The van der Waals surface area contributed by atoms with Crippen molar-refractivity contribution >= 4 is 22.0 Å². The summed E-state index contributed by atoms with van der Waals surface area (Å²) in [4.78, 5) is 18.7. The van der Waals surface area contributed by atoms with E-state index >= 15 is 0 Å². The quantitative estimate of drug-likeness (QED) is 0.645. The van der Waals surface area contributed by atoms with Gasteiger partial charge in [-0.05, 0) is 50.8 Å². The molecular weight excluding hydrogens is 404 g/mol. The van der Waals surface area contributed by atoms with Gasteiger partial charge in [0.05, 0.1) is 6.61 Å². The van der Waals surface area contributed by atoms with Crippen LogP contribution in [0.5, 0.6) is 0 Å². The summed E-state index contributed by atoms with van der Waals surface area (Å²) in [6.07, 6.45) is 1.58. The lowest BCUT2D eigenvalue weighted by atomic mass is 10.1. The molecule has 0 fully saturated rings. The number of carbonyl (C=O) groups is 1. The van der Waals surface area contributed by atoms with Crippen LogP contribution in [0.25, 0.3) is 0 Å². The molecule has 7 nitrogen and oxygen atoms in total. The standard InChI is InChI=1S/C22H28N2O5S/c1-22(2,3)29-21(25)24-14-7-10-18-11-12-19(23-20(18)24)13-15-28-30(26,27)16-17-8-5-4-6-9-17/h4-6,8-9,11-12H,7,10,13-16H2,1-3H3. The van der Waals surface area contributed by atoms with Crippen molar-refractivity contribution in [3.63, 3.8) is 0 Å². The lowest BCUT2D eigenvalue weighted by molar-refractivity contribution is 0.0576. The monoisotopic (exact) mass is 432 g/mol. The summed E-state index contributed by atoms with van der Waals surface area (Å²) < 4.78 is 35.0. The highest BCUT2D eigenvalue weighted by Gasteiger charge is 2.28. The number of anilines is 1. The molecule has 0 unspecified atom stereocenters. The molecule has 0 bridgehead atoms. The van der Waals surface area contributed by atoms with E-state index in [1.54, 1.807) is 29.2 Å². The van der Waals surface area contributed by atoms with Crippen LogP contribution in [0.1, 0.15) is 44.0 Å². The number of ether oxygens (including phenoxy) is 1. The van der Waals surface area contributed by atoms with Gasteiger partial charge in [0.1, 0.15) is 17.2 Å². The number of pyridine rings is 1. The molecule has 8 heteroatoms. The van der Waals surface area contributed by atoms with Gasteiger partial charge in [-0.2, -0.15) is 8.42 Å². The predicted molar refractivity (Wildman–Crippen MR) is 115 cm³/mol. The second-order valence-corrected chi connectivity index (χ2v) is 9.92. The largest absolute Gasteiger partial charge is 0.443 e. The molecule has 0 aliphatic carbocycles. The second-order valence-electron chi connectivity index (χ2n) is 8.28. The predicted octanol–water partition coefficient (Wildman–Crippen LogP) is 3.86. The third-order valence-corrected chi connectivity index (χ3v) is 5.73. The van der Waals surface area contributed by atoms with Crippen molar-refractivity contribution in [2.45, 2.75) is 51.4 Å². The molecule has 0 radical (unpaired) electrons. The van der Waals surface area contributed by atoms with Gasteiger partial charge < -0.3 is 4.74 Å². The molecule has 0 atom stereocenters. The average Bonchev–Trinajstić information content (AvgIpc) is 2.66. The number of hydrogen-bond acceptors (Lipinski definition) is 6. The number of aryl methyl sites for hydroxylation is 1. The Hall–Kier alpha value is -2.45. The molecule has 1 aromatic carbocycles. The zero-order chi connectivity index (χ0) is 21.8. The van der Waals surface area contributed by atoms with E-state index in [9.17, 15) is 13.2 Å². The van der Waals surface area contributed by atoms with Crippen LogP contribution in [-0.2, 0) is 37.6 Å². The molecule has 0 saturated heterocycles. The minimum Gasteiger partial charge on any atom is -0.443 e. The lowest BCUT2D eigenvalue weighted by Gasteiger charge is -2.31. The van der Waals surface area contributed by atoms with Crippen LogP contribution < -0.4 is 4.90 Å². The zero-order valence-electron chi connectivity index (χ0n) is 17.6. The van der Waals surface area contributed by atoms with Crippen molar-refractivity contribution < 1.29 is 22.1 Å². The minimum atomic E-state index is -3.68. The lowest BCUT2D eigenvalue weighted by Crippen LogP contribution is -2.40. The summed E-state index contributed by atoms with van der Waals surface area (Å²) in [6, 6.07) is 12.7. The van der Waals surface area contributed by atoms with E-state index < -0.39 is 21.8 Å². The Morgan fingerprint density at radius 2 is 1.87 bits per heavy atom. The van der Waals surface area contributed by atoms with Crippen molar-refractivity contribution in [3.8, 4) is 0 Å². The molecule has 2 heterocycles. The minimum absolute atomic E-state index is 0.00656. The van der Waals surface area contributed by atoms with Gasteiger partial charge >= 0.3 is 6.09 Å². The summed E-state index contributed by atoms with van der Waals surface area (Å²) in [6.45, 7) is 6.01. The molecule has 0 spiro atoms. The molecule has 1 aliphatic heterocycles. The molecule has 162 valence electrons. The molecule has 0 saturated carbocycles. The van der Waals surface area contributed by atoms with E-state index in [4.69, 9.17) is 8.92 Å². The molecule has 0 N–H and O–H groups in total. The first-order valence-electron chi connectivity index (χ1n) is 10.0. The number of fused-ring (bicyclic) bond motifs is 1. The second kappa shape index (κ2) is 9.14. The Morgan fingerprint density at radius 3 is 2.57 bits per heavy atom. The number of benzene rings is 1. The fourth-order valence-electron chi connectivity index (χ4n) is 3.21. The zero-order valence-corrected chi connectivity index (χ0v) is 18.4. The molecule has 1 aliphatic rings. The summed E-state index contributed by atoms with van der Waals surface area (Å²) in [5, 5.41) is 0. The van der Waals surface area contributed by atoms with E-state index in [2.05, 4.69) is 4.98 Å². The maximum atomic E-state index is 12.6. The van der Waals surface area contributed by atoms with Crippen LogP contribution in [-0.4, -0.2) is 38.2 Å². The van der Waals surface area contributed by atoms with Gasteiger partial charge in [0.25, 0.3) is 10.1 Å². The van der Waals surface area contributed by atoms with Crippen molar-refractivity contribution in [1.82, 2.24) is 4.98 Å². The topological polar surface area (TPSA) is 85.8 Å². The normalized spacial score (nSPS) is 14.3. The third-order valence-electron chi connectivity index (χ3n) is 4.52. The molecule has 1 aromatic heterocycles. The Bertz CT molecular complexity index is 984. The number of amides is 1. The van der Waals surface area contributed by atoms with Crippen LogP contribution in [0.15, 0.2) is 42.5 Å². The summed E-state index contributed by atoms with van der Waals surface area (Å²) in [5.41, 5.74) is 1.73. The first kappa shape index (κ1) is 22.2. The van der Waals surface area contributed by atoms with Crippen molar-refractivity contribution in [3.05, 3.63) is 59.3 Å². The van der Waals surface area contributed by atoms with Crippen LogP contribution in [0.2, 0.25) is 0 Å². The van der Waals surface area contributed by atoms with E-state index in [1.807, 2.05) is 39.0 Å². The molecule has 30 heavy (non-hydrogen) atoms. The Labute approximate surface area is 178 Å². The van der Waals surface area contributed by atoms with E-state index in [0.29, 0.717) is 30.0 Å². The fourth-order valence-corrected chi connectivity index (χ4v) is 4.23. The molecule has 1 amide bonds. The number of aromatic nitrogens is 1. The van der Waals surface area contributed by atoms with Crippen LogP contribution >= 0.6 is 0 Å². The maximum absolute atomic E-state index is 12.6. The van der Waals surface area contributed by atoms with Crippen LogP contribution in [0.3, 0.4) is 0 Å². The summed E-state index contributed by atoms with van der Waals surface area (Å²) >= 11 is 0. The molecule has 3 rings (SSSR count). The molecular formula is C22H28N2O5S. The van der Waals surface area contributed by atoms with Gasteiger partial charge in [-0.1, -0.05) is 36.4 Å². The van der Waals surface area contributed by atoms with Crippen molar-refractivity contribution in [2.24, 2.45) is 0 Å². The highest BCUT2D eigenvalue weighted by atomic mass is 32.2. The van der Waals surface area contributed by atoms with Gasteiger partial charge in [0.2, 0.25) is 0 Å². The Balaban J connectivity index is 1.64. The van der Waals surface area contributed by atoms with Crippen LogP contribution in [0.4, 0.5) is 10.6 Å². The van der Waals surface area contributed by atoms with E-state index in [0.717, 1.165) is 18.4 Å². The van der Waals surface area contributed by atoms with Crippen molar-refractivity contribution in [2.75, 3.05) is 18.1 Å².